The van der Waals surface area contributed by atoms with E-state index in [4.69, 9.17) is 10.00 Å². The summed E-state index contributed by atoms with van der Waals surface area (Å²) in [6.45, 7) is 0.251. The van der Waals surface area contributed by atoms with Crippen molar-refractivity contribution in [2.24, 2.45) is 0 Å². The smallest absolute Gasteiger partial charge is 0.254 e. The number of nitriles is 1. The van der Waals surface area contributed by atoms with Crippen molar-refractivity contribution in [2.75, 3.05) is 7.11 Å². The fourth-order valence-corrected chi connectivity index (χ4v) is 2.82. The predicted octanol–water partition coefficient (Wildman–Crippen LogP) is 3.76. The molecule has 1 heterocycles. The number of carbonyl (C=O) groups is 1. The van der Waals surface area contributed by atoms with E-state index >= 15 is 0 Å². The van der Waals surface area contributed by atoms with E-state index in [1.54, 1.807) is 60.9 Å². The molecule has 1 N–H and O–H groups in total. The average molecular weight is 375 g/mol. The van der Waals surface area contributed by atoms with Crippen molar-refractivity contribution in [2.45, 2.75) is 12.6 Å². The summed E-state index contributed by atoms with van der Waals surface area (Å²) >= 11 is 0. The van der Waals surface area contributed by atoms with Gasteiger partial charge in [-0.2, -0.15) is 5.26 Å². The Morgan fingerprint density at radius 3 is 2.46 bits per heavy atom. The first kappa shape index (κ1) is 19.2. The Labute approximate surface area is 162 Å². The first-order valence-electron chi connectivity index (χ1n) is 8.61. The van der Waals surface area contributed by atoms with Gasteiger partial charge >= 0.3 is 0 Å². The number of hydrogen-bond donors (Lipinski definition) is 1. The highest BCUT2D eigenvalue weighted by Crippen LogP contribution is 2.26. The minimum absolute atomic E-state index is 0.164. The number of carbonyl (C=O) groups excluding carboxylic acids is 1. The van der Waals surface area contributed by atoms with Crippen LogP contribution in [0.1, 0.15) is 22.8 Å². The Balaban J connectivity index is 1.73. The van der Waals surface area contributed by atoms with Crippen molar-refractivity contribution in [3.05, 3.63) is 89.5 Å². The van der Waals surface area contributed by atoms with Crippen LogP contribution in [0.15, 0.2) is 67.0 Å². The normalized spacial score (nSPS) is 11.5. The second-order valence-corrected chi connectivity index (χ2v) is 6.11. The molecule has 5 nitrogen and oxygen atoms in total. The van der Waals surface area contributed by atoms with Crippen LogP contribution in [0, 0.1) is 17.1 Å². The molecule has 6 heteroatoms. The third-order valence-electron chi connectivity index (χ3n) is 4.32. The molecule has 1 atom stereocenters. The molecule has 0 fully saturated rings. The number of pyridine rings is 1. The van der Waals surface area contributed by atoms with E-state index in [-0.39, 0.29) is 12.1 Å². The van der Waals surface area contributed by atoms with Gasteiger partial charge in [-0.25, -0.2) is 4.39 Å². The van der Waals surface area contributed by atoms with Gasteiger partial charge in [0.25, 0.3) is 5.91 Å². The summed E-state index contributed by atoms with van der Waals surface area (Å²) in [6.07, 6.45) is 2.20. The number of halogens is 1. The number of benzene rings is 2. The zero-order chi connectivity index (χ0) is 19.9. The highest BCUT2D eigenvalue weighted by molar-refractivity contribution is 5.82. The van der Waals surface area contributed by atoms with Crippen molar-refractivity contribution >= 4 is 5.91 Å². The average Bonchev–Trinajstić information content (AvgIpc) is 2.74. The minimum atomic E-state index is -1.06. The summed E-state index contributed by atoms with van der Waals surface area (Å²) in [4.78, 5) is 16.5. The van der Waals surface area contributed by atoms with Gasteiger partial charge in [-0.05, 0) is 47.0 Å². The van der Waals surface area contributed by atoms with Crippen molar-refractivity contribution in [3.8, 4) is 17.2 Å². The summed E-state index contributed by atoms with van der Waals surface area (Å²) in [5, 5.41) is 11.6. The second-order valence-electron chi connectivity index (χ2n) is 6.11. The summed E-state index contributed by atoms with van der Waals surface area (Å²) in [5.41, 5.74) is 3.06. The Morgan fingerprint density at radius 2 is 1.86 bits per heavy atom. The summed E-state index contributed by atoms with van der Waals surface area (Å²) in [6, 6.07) is 17.1. The molecule has 0 saturated carbocycles. The van der Waals surface area contributed by atoms with Crippen LogP contribution in [0.25, 0.3) is 11.1 Å². The molecule has 2 aromatic carbocycles. The van der Waals surface area contributed by atoms with E-state index in [0.29, 0.717) is 11.1 Å². The highest BCUT2D eigenvalue weighted by Gasteiger charge is 2.23. The summed E-state index contributed by atoms with van der Waals surface area (Å²) in [7, 11) is 1.36. The molecule has 0 saturated heterocycles. The van der Waals surface area contributed by atoms with Gasteiger partial charge in [0, 0.05) is 31.6 Å². The Bertz CT molecular complexity index is 999. The Morgan fingerprint density at radius 1 is 1.14 bits per heavy atom. The quantitative estimate of drug-likeness (QED) is 0.712. The lowest BCUT2D eigenvalue weighted by molar-refractivity contribution is -0.131. The van der Waals surface area contributed by atoms with Crippen molar-refractivity contribution in [3.63, 3.8) is 0 Å². The second kappa shape index (κ2) is 8.89. The topological polar surface area (TPSA) is 75.0 Å². The molecule has 28 heavy (non-hydrogen) atoms. The predicted molar refractivity (Wildman–Crippen MR) is 102 cm³/mol. The first-order chi connectivity index (χ1) is 13.6. The number of aromatic nitrogens is 1. The van der Waals surface area contributed by atoms with Crippen LogP contribution in [0.2, 0.25) is 0 Å². The number of hydrogen-bond acceptors (Lipinski definition) is 4. The van der Waals surface area contributed by atoms with Gasteiger partial charge in [0.2, 0.25) is 0 Å². The standard InChI is InChI=1S/C22H18FN3O2/c1-28-21(22(27)26-14-16-4-2-15(13-24)3-5-16)19-7-6-18(12-20(19)23)17-8-10-25-11-9-17/h2-12,21H,14H2,1H3,(H,26,27). The molecule has 0 spiro atoms. The fraction of sp³-hybridized carbons (Fsp3) is 0.136. The van der Waals surface area contributed by atoms with Gasteiger partial charge < -0.3 is 10.1 Å². The molecule has 1 unspecified atom stereocenters. The van der Waals surface area contributed by atoms with Crippen LogP contribution in [-0.4, -0.2) is 18.0 Å². The molecule has 0 aliphatic carbocycles. The monoisotopic (exact) mass is 375 g/mol. The fourth-order valence-electron chi connectivity index (χ4n) is 2.82. The molecule has 3 rings (SSSR count). The third kappa shape index (κ3) is 4.40. The molecular formula is C22H18FN3O2. The number of methoxy groups -OCH3 is 1. The van der Waals surface area contributed by atoms with Gasteiger partial charge in [-0.3, -0.25) is 9.78 Å². The van der Waals surface area contributed by atoms with Crippen LogP contribution in [0.4, 0.5) is 4.39 Å². The minimum Gasteiger partial charge on any atom is -0.367 e. The van der Waals surface area contributed by atoms with E-state index in [2.05, 4.69) is 10.3 Å². The zero-order valence-electron chi connectivity index (χ0n) is 15.2. The van der Waals surface area contributed by atoms with E-state index < -0.39 is 17.8 Å². The molecule has 0 aliphatic rings. The first-order valence-corrected chi connectivity index (χ1v) is 8.61. The molecule has 3 aromatic rings. The maximum absolute atomic E-state index is 14.7. The molecular weight excluding hydrogens is 357 g/mol. The lowest BCUT2D eigenvalue weighted by atomic mass is 10.0. The van der Waals surface area contributed by atoms with E-state index in [9.17, 15) is 9.18 Å². The third-order valence-corrected chi connectivity index (χ3v) is 4.32. The number of amides is 1. The zero-order valence-corrected chi connectivity index (χ0v) is 15.2. The summed E-state index contributed by atoms with van der Waals surface area (Å²) in [5.74, 6) is -0.961. The maximum Gasteiger partial charge on any atom is 0.254 e. The lowest BCUT2D eigenvalue weighted by Gasteiger charge is -2.17. The van der Waals surface area contributed by atoms with Crippen LogP contribution < -0.4 is 5.32 Å². The lowest BCUT2D eigenvalue weighted by Crippen LogP contribution is -2.30. The van der Waals surface area contributed by atoms with Crippen molar-refractivity contribution < 1.29 is 13.9 Å². The molecule has 0 bridgehead atoms. The van der Waals surface area contributed by atoms with E-state index in [0.717, 1.165) is 11.1 Å². The maximum atomic E-state index is 14.7. The van der Waals surface area contributed by atoms with Crippen molar-refractivity contribution in [1.29, 1.82) is 5.26 Å². The number of ether oxygens (including phenoxy) is 1. The molecule has 1 aromatic heterocycles. The van der Waals surface area contributed by atoms with Crippen LogP contribution >= 0.6 is 0 Å². The summed E-state index contributed by atoms with van der Waals surface area (Å²) < 4.78 is 19.9. The van der Waals surface area contributed by atoms with Crippen LogP contribution in [0.3, 0.4) is 0 Å². The van der Waals surface area contributed by atoms with Gasteiger partial charge in [-0.1, -0.05) is 24.3 Å². The van der Waals surface area contributed by atoms with Crippen molar-refractivity contribution in [1.82, 2.24) is 10.3 Å². The van der Waals surface area contributed by atoms with Crippen LogP contribution in [-0.2, 0) is 16.1 Å². The number of nitrogens with zero attached hydrogens (tertiary/aromatic N) is 2. The SMILES string of the molecule is COC(C(=O)NCc1ccc(C#N)cc1)c1ccc(-c2ccncc2)cc1F. The van der Waals surface area contributed by atoms with Gasteiger partial charge in [-0.15, -0.1) is 0 Å². The highest BCUT2D eigenvalue weighted by atomic mass is 19.1. The molecule has 140 valence electrons. The number of nitrogens with one attached hydrogen (secondary N) is 1. The largest absolute Gasteiger partial charge is 0.367 e. The van der Waals surface area contributed by atoms with Crippen LogP contribution in [0.5, 0.6) is 0 Å². The van der Waals surface area contributed by atoms with E-state index in [1.165, 1.54) is 13.2 Å². The Kier molecular flexibility index (Phi) is 6.10. The molecule has 0 aliphatic heterocycles. The Hall–Kier alpha value is -3.56. The van der Waals surface area contributed by atoms with Gasteiger partial charge in [0.1, 0.15) is 5.82 Å². The number of rotatable bonds is 6. The molecule has 0 radical (unpaired) electrons. The van der Waals surface area contributed by atoms with E-state index in [1.807, 2.05) is 6.07 Å². The van der Waals surface area contributed by atoms with Gasteiger partial charge in [0.15, 0.2) is 6.10 Å². The molecule has 1 amide bonds. The van der Waals surface area contributed by atoms with Gasteiger partial charge in [0.05, 0.1) is 11.6 Å².